The van der Waals surface area contributed by atoms with E-state index in [0.29, 0.717) is 11.3 Å². The molecule has 4 nitrogen and oxygen atoms in total. The summed E-state index contributed by atoms with van der Waals surface area (Å²) in [5, 5.41) is 0. The third-order valence-electron chi connectivity index (χ3n) is 3.20. The summed E-state index contributed by atoms with van der Waals surface area (Å²) in [5.41, 5.74) is 7.67. The van der Waals surface area contributed by atoms with Gasteiger partial charge in [0.25, 0.3) is 0 Å². The molecule has 0 amide bonds. The number of benzene rings is 2. The van der Waals surface area contributed by atoms with E-state index in [-0.39, 0.29) is 10.9 Å². The van der Waals surface area contributed by atoms with Crippen molar-refractivity contribution in [2.45, 2.75) is 24.8 Å². The number of nitrogens with one attached hydrogen (secondary N) is 1. The highest BCUT2D eigenvalue weighted by Crippen LogP contribution is 2.22. The Hall–Kier alpha value is -1.37. The van der Waals surface area contributed by atoms with E-state index in [1.165, 1.54) is 6.07 Å². The fraction of sp³-hybridized carbons (Fsp3) is 0.200. The Labute approximate surface area is 133 Å². The zero-order valence-electron chi connectivity index (χ0n) is 11.8. The van der Waals surface area contributed by atoms with Gasteiger partial charge in [-0.25, -0.2) is 13.1 Å². The maximum Gasteiger partial charge on any atom is 0.241 e. The normalized spacial score (nSPS) is 13.1. The van der Waals surface area contributed by atoms with E-state index >= 15 is 0 Å². The first-order valence-corrected chi connectivity index (χ1v) is 8.71. The van der Waals surface area contributed by atoms with Gasteiger partial charge in [-0.3, -0.25) is 0 Å². The van der Waals surface area contributed by atoms with Gasteiger partial charge in [0.15, 0.2) is 0 Å². The standard InChI is InChI=1S/C15H17BrN2O2S/c1-10-3-8-14(17)9-15(10)21(19,20)18-11(2)12-4-6-13(16)7-5-12/h3-9,11,18H,17H2,1-2H3/t11-/m0/s1. The zero-order valence-corrected chi connectivity index (χ0v) is 14.2. The van der Waals surface area contributed by atoms with Gasteiger partial charge in [0.1, 0.15) is 0 Å². The van der Waals surface area contributed by atoms with E-state index < -0.39 is 10.0 Å². The number of halogens is 1. The number of sulfonamides is 1. The summed E-state index contributed by atoms with van der Waals surface area (Å²) in [4.78, 5) is 0.214. The highest BCUT2D eigenvalue weighted by Gasteiger charge is 2.20. The van der Waals surface area contributed by atoms with Crippen LogP contribution in [0.4, 0.5) is 5.69 Å². The molecule has 0 aliphatic carbocycles. The van der Waals surface area contributed by atoms with Crippen molar-refractivity contribution in [1.82, 2.24) is 4.72 Å². The summed E-state index contributed by atoms with van der Waals surface area (Å²) < 4.78 is 28.6. The summed E-state index contributed by atoms with van der Waals surface area (Å²) in [6.45, 7) is 3.56. The Bertz CT molecular complexity index is 743. The number of hydrogen-bond donors (Lipinski definition) is 2. The lowest BCUT2D eigenvalue weighted by Crippen LogP contribution is -2.27. The molecule has 2 aromatic rings. The van der Waals surface area contributed by atoms with Crippen molar-refractivity contribution in [2.24, 2.45) is 0 Å². The lowest BCUT2D eigenvalue weighted by Gasteiger charge is -2.16. The minimum atomic E-state index is -3.61. The molecular formula is C15H17BrN2O2S. The van der Waals surface area contributed by atoms with Crippen LogP contribution in [0, 0.1) is 6.92 Å². The molecule has 3 N–H and O–H groups in total. The van der Waals surface area contributed by atoms with Crippen molar-refractivity contribution >= 4 is 31.6 Å². The molecule has 6 heteroatoms. The third-order valence-corrected chi connectivity index (χ3v) is 5.42. The molecule has 0 aromatic heterocycles. The molecule has 112 valence electrons. The first-order chi connectivity index (χ1) is 9.79. The minimum absolute atomic E-state index is 0.214. The van der Waals surface area contributed by atoms with Crippen LogP contribution in [-0.4, -0.2) is 8.42 Å². The smallest absolute Gasteiger partial charge is 0.241 e. The quantitative estimate of drug-likeness (QED) is 0.812. The van der Waals surface area contributed by atoms with E-state index in [2.05, 4.69) is 20.7 Å². The zero-order chi connectivity index (χ0) is 15.6. The second kappa shape index (κ2) is 6.17. The summed E-state index contributed by atoms with van der Waals surface area (Å²) in [5.74, 6) is 0. The molecule has 0 unspecified atom stereocenters. The monoisotopic (exact) mass is 368 g/mol. The second-order valence-corrected chi connectivity index (χ2v) is 7.52. The van der Waals surface area contributed by atoms with Gasteiger partial charge in [-0.05, 0) is 49.2 Å². The number of aryl methyl sites for hydroxylation is 1. The van der Waals surface area contributed by atoms with Crippen LogP contribution < -0.4 is 10.5 Å². The van der Waals surface area contributed by atoms with E-state index in [1.807, 2.05) is 31.2 Å². The molecule has 1 atom stereocenters. The fourth-order valence-corrected chi connectivity index (χ4v) is 3.80. The first-order valence-electron chi connectivity index (χ1n) is 6.43. The molecule has 0 saturated carbocycles. The molecule has 0 aliphatic rings. The van der Waals surface area contributed by atoms with Gasteiger partial charge in [-0.1, -0.05) is 34.1 Å². The van der Waals surface area contributed by atoms with Crippen molar-refractivity contribution in [3.8, 4) is 0 Å². The minimum Gasteiger partial charge on any atom is -0.399 e. The predicted molar refractivity (Wildman–Crippen MR) is 88.5 cm³/mol. The van der Waals surface area contributed by atoms with Gasteiger partial charge in [0.05, 0.1) is 4.90 Å². The predicted octanol–water partition coefficient (Wildman–Crippen LogP) is 3.38. The highest BCUT2D eigenvalue weighted by atomic mass is 79.9. The molecule has 2 rings (SSSR count). The van der Waals surface area contributed by atoms with E-state index in [0.717, 1.165) is 10.0 Å². The van der Waals surface area contributed by atoms with Gasteiger partial charge >= 0.3 is 0 Å². The first kappa shape index (κ1) is 16.0. The van der Waals surface area contributed by atoms with E-state index in [9.17, 15) is 8.42 Å². The summed E-state index contributed by atoms with van der Waals surface area (Å²) >= 11 is 3.36. The van der Waals surface area contributed by atoms with Gasteiger partial charge in [-0.2, -0.15) is 0 Å². The Kier molecular flexibility index (Phi) is 4.70. The maximum atomic E-state index is 12.5. The summed E-state index contributed by atoms with van der Waals surface area (Å²) in [7, 11) is -3.61. The number of hydrogen-bond acceptors (Lipinski definition) is 3. The topological polar surface area (TPSA) is 72.2 Å². The van der Waals surface area contributed by atoms with Crippen LogP contribution in [0.2, 0.25) is 0 Å². The Balaban J connectivity index is 2.28. The molecule has 0 spiro atoms. The number of rotatable bonds is 4. The highest BCUT2D eigenvalue weighted by molar-refractivity contribution is 9.10. The van der Waals surface area contributed by atoms with Gasteiger partial charge in [0, 0.05) is 16.2 Å². The second-order valence-electron chi connectivity index (χ2n) is 4.92. The molecular weight excluding hydrogens is 352 g/mol. The number of anilines is 1. The van der Waals surface area contributed by atoms with Crippen LogP contribution in [0.25, 0.3) is 0 Å². The van der Waals surface area contributed by atoms with Gasteiger partial charge < -0.3 is 5.73 Å². The average molecular weight is 369 g/mol. The van der Waals surface area contributed by atoms with Crippen molar-refractivity contribution in [2.75, 3.05) is 5.73 Å². The summed E-state index contributed by atoms with van der Waals surface area (Å²) in [6, 6.07) is 12.1. The Morgan fingerprint density at radius 3 is 2.38 bits per heavy atom. The molecule has 0 radical (unpaired) electrons. The largest absolute Gasteiger partial charge is 0.399 e. The molecule has 0 bridgehead atoms. The van der Waals surface area contributed by atoms with Crippen LogP contribution in [0.1, 0.15) is 24.1 Å². The number of nitrogen functional groups attached to an aromatic ring is 1. The van der Waals surface area contributed by atoms with Gasteiger partial charge in [-0.15, -0.1) is 0 Å². The lowest BCUT2D eigenvalue weighted by molar-refractivity contribution is 0.566. The Morgan fingerprint density at radius 2 is 1.76 bits per heavy atom. The van der Waals surface area contributed by atoms with E-state index in [4.69, 9.17) is 5.73 Å². The van der Waals surface area contributed by atoms with Crippen molar-refractivity contribution in [3.05, 3.63) is 58.1 Å². The maximum absolute atomic E-state index is 12.5. The van der Waals surface area contributed by atoms with Crippen LogP contribution in [0.5, 0.6) is 0 Å². The molecule has 0 fully saturated rings. The molecule has 0 aliphatic heterocycles. The fourth-order valence-electron chi connectivity index (χ4n) is 2.02. The SMILES string of the molecule is Cc1ccc(N)cc1S(=O)(=O)N[C@@H](C)c1ccc(Br)cc1. The van der Waals surface area contributed by atoms with Crippen LogP contribution in [0.15, 0.2) is 51.8 Å². The summed E-state index contributed by atoms with van der Waals surface area (Å²) in [6.07, 6.45) is 0. The number of nitrogens with two attached hydrogens (primary N) is 1. The molecule has 0 heterocycles. The average Bonchev–Trinajstić information content (AvgIpc) is 2.41. The van der Waals surface area contributed by atoms with Crippen molar-refractivity contribution < 1.29 is 8.42 Å². The van der Waals surface area contributed by atoms with Crippen LogP contribution in [0.3, 0.4) is 0 Å². The Morgan fingerprint density at radius 1 is 1.14 bits per heavy atom. The molecule has 2 aromatic carbocycles. The van der Waals surface area contributed by atoms with E-state index in [1.54, 1.807) is 19.1 Å². The van der Waals surface area contributed by atoms with Crippen LogP contribution in [-0.2, 0) is 10.0 Å². The third kappa shape index (κ3) is 3.84. The van der Waals surface area contributed by atoms with Crippen molar-refractivity contribution in [1.29, 1.82) is 0 Å². The van der Waals surface area contributed by atoms with Crippen molar-refractivity contribution in [3.63, 3.8) is 0 Å². The lowest BCUT2D eigenvalue weighted by atomic mass is 10.1. The van der Waals surface area contributed by atoms with Crippen LogP contribution >= 0.6 is 15.9 Å². The molecule has 21 heavy (non-hydrogen) atoms. The molecule has 0 saturated heterocycles. The van der Waals surface area contributed by atoms with Gasteiger partial charge in [0.2, 0.25) is 10.0 Å².